The Morgan fingerprint density at radius 2 is 1.85 bits per heavy atom. The largest absolute Gasteiger partial charge is 0.497 e. The van der Waals surface area contributed by atoms with Crippen LogP contribution in [0.15, 0.2) is 24.3 Å². The Morgan fingerprint density at radius 1 is 1.15 bits per heavy atom. The molecule has 2 N–H and O–H groups in total. The molecule has 2 aromatic rings. The highest BCUT2D eigenvalue weighted by Gasteiger charge is 2.30. The van der Waals surface area contributed by atoms with E-state index in [4.69, 9.17) is 4.74 Å². The summed E-state index contributed by atoms with van der Waals surface area (Å²) in [5, 5.41) is 13.8. The number of nitrogens with one attached hydrogen (secondary N) is 2. The number of nitrogens with zero attached hydrogens (tertiary/aromatic N) is 4. The van der Waals surface area contributed by atoms with Crippen LogP contribution in [-0.2, 0) is 4.79 Å². The summed E-state index contributed by atoms with van der Waals surface area (Å²) in [5.41, 5.74) is 0.583. The van der Waals surface area contributed by atoms with E-state index in [1.165, 1.54) is 0 Å². The van der Waals surface area contributed by atoms with Crippen LogP contribution in [0, 0.1) is 5.92 Å². The highest BCUT2D eigenvalue weighted by molar-refractivity contribution is 7.15. The Bertz CT molecular complexity index is 976. The molecule has 0 saturated carbocycles. The van der Waals surface area contributed by atoms with E-state index in [-0.39, 0.29) is 27.7 Å². The maximum Gasteiger partial charge on any atom is 0.286 e. The monoisotopic (exact) mass is 488 g/mol. The number of rotatable bonds is 10. The number of carbonyl (C=O) groups is 3. The minimum absolute atomic E-state index is 0.0264. The van der Waals surface area contributed by atoms with Crippen molar-refractivity contribution in [2.75, 3.05) is 51.7 Å². The van der Waals surface area contributed by atoms with Gasteiger partial charge in [0.15, 0.2) is 0 Å². The number of anilines is 1. The van der Waals surface area contributed by atoms with Gasteiger partial charge in [-0.15, -0.1) is 10.2 Å². The SMILES string of the molecule is CCN(CC)CCNC(=O)[C@H]1CCCN(C(=O)c2nnc(C(=O)Nc3ccc(OC)cc3)s2)C1. The van der Waals surface area contributed by atoms with Gasteiger partial charge in [-0.05, 0) is 50.2 Å². The summed E-state index contributed by atoms with van der Waals surface area (Å²) in [5.74, 6) is -0.340. The number of carbonyl (C=O) groups excluding carboxylic acids is 3. The van der Waals surface area contributed by atoms with Crippen molar-refractivity contribution < 1.29 is 19.1 Å². The maximum atomic E-state index is 13.0. The van der Waals surface area contributed by atoms with Crippen LogP contribution in [0.2, 0.25) is 0 Å². The lowest BCUT2D eigenvalue weighted by molar-refractivity contribution is -0.126. The number of ether oxygens (including phenoxy) is 1. The molecular weight excluding hydrogens is 456 g/mol. The zero-order valence-corrected chi connectivity index (χ0v) is 20.7. The highest BCUT2D eigenvalue weighted by atomic mass is 32.1. The van der Waals surface area contributed by atoms with Crippen molar-refractivity contribution in [3.63, 3.8) is 0 Å². The molecule has 10 nitrogen and oxygen atoms in total. The average molecular weight is 489 g/mol. The molecular formula is C23H32N6O4S. The van der Waals surface area contributed by atoms with Gasteiger partial charge in [0.25, 0.3) is 11.8 Å². The Labute approximate surface area is 203 Å². The van der Waals surface area contributed by atoms with Crippen LogP contribution in [-0.4, -0.2) is 84.1 Å². The molecule has 1 aliphatic rings. The van der Waals surface area contributed by atoms with Gasteiger partial charge in [0, 0.05) is 31.9 Å². The van der Waals surface area contributed by atoms with Crippen LogP contribution < -0.4 is 15.4 Å². The van der Waals surface area contributed by atoms with Gasteiger partial charge in [-0.2, -0.15) is 0 Å². The molecule has 34 heavy (non-hydrogen) atoms. The van der Waals surface area contributed by atoms with Crippen molar-refractivity contribution in [2.45, 2.75) is 26.7 Å². The van der Waals surface area contributed by atoms with Crippen molar-refractivity contribution in [3.8, 4) is 5.75 Å². The van der Waals surface area contributed by atoms with Crippen LogP contribution in [0.1, 0.15) is 46.3 Å². The Balaban J connectivity index is 1.54. The molecule has 1 aromatic carbocycles. The number of hydrogen-bond acceptors (Lipinski definition) is 8. The lowest BCUT2D eigenvalue weighted by atomic mass is 9.97. The second-order valence-corrected chi connectivity index (χ2v) is 8.98. The Kier molecular flexibility index (Phi) is 9.34. The molecule has 2 heterocycles. The van der Waals surface area contributed by atoms with Crippen LogP contribution in [0.5, 0.6) is 5.75 Å². The van der Waals surface area contributed by atoms with Gasteiger partial charge in [-0.25, -0.2) is 0 Å². The van der Waals surface area contributed by atoms with Gasteiger partial charge in [-0.1, -0.05) is 25.2 Å². The lowest BCUT2D eigenvalue weighted by Crippen LogP contribution is -2.46. The summed E-state index contributed by atoms with van der Waals surface area (Å²) >= 11 is 0.945. The zero-order chi connectivity index (χ0) is 24.5. The van der Waals surface area contributed by atoms with Gasteiger partial charge < -0.3 is 25.2 Å². The first-order valence-corrected chi connectivity index (χ1v) is 12.3. The second-order valence-electron chi connectivity index (χ2n) is 8.00. The van der Waals surface area contributed by atoms with Gasteiger partial charge in [0.05, 0.1) is 13.0 Å². The third-order valence-electron chi connectivity index (χ3n) is 5.85. The number of likely N-dealkylation sites (tertiary alicyclic amines) is 1. The van der Waals surface area contributed by atoms with Crippen LogP contribution in [0.3, 0.4) is 0 Å². The minimum Gasteiger partial charge on any atom is -0.497 e. The Morgan fingerprint density at radius 3 is 2.53 bits per heavy atom. The molecule has 3 rings (SSSR count). The molecule has 0 unspecified atom stereocenters. The van der Waals surface area contributed by atoms with Crippen LogP contribution in [0.4, 0.5) is 5.69 Å². The molecule has 184 valence electrons. The Hall–Kier alpha value is -3.05. The van der Waals surface area contributed by atoms with E-state index in [0.29, 0.717) is 31.1 Å². The molecule has 1 fully saturated rings. The number of methoxy groups -OCH3 is 1. The summed E-state index contributed by atoms with van der Waals surface area (Å²) in [7, 11) is 1.57. The van der Waals surface area contributed by atoms with Gasteiger partial charge in [-0.3, -0.25) is 14.4 Å². The van der Waals surface area contributed by atoms with Crippen LogP contribution in [0.25, 0.3) is 0 Å². The fraction of sp³-hybridized carbons (Fsp3) is 0.522. The van der Waals surface area contributed by atoms with E-state index in [1.54, 1.807) is 36.3 Å². The van der Waals surface area contributed by atoms with Crippen molar-refractivity contribution in [1.82, 2.24) is 25.3 Å². The molecule has 11 heteroatoms. The van der Waals surface area contributed by atoms with E-state index < -0.39 is 5.91 Å². The molecule has 0 bridgehead atoms. The minimum atomic E-state index is -0.439. The summed E-state index contributed by atoms with van der Waals surface area (Å²) in [6, 6.07) is 6.89. The predicted molar refractivity (Wildman–Crippen MR) is 130 cm³/mol. The fourth-order valence-electron chi connectivity index (χ4n) is 3.79. The molecule has 1 aliphatic heterocycles. The van der Waals surface area contributed by atoms with Gasteiger partial charge in [0.2, 0.25) is 15.9 Å². The molecule has 1 aromatic heterocycles. The normalized spacial score (nSPS) is 15.8. The second kappa shape index (κ2) is 12.4. The molecule has 0 aliphatic carbocycles. The molecule has 0 spiro atoms. The van der Waals surface area contributed by atoms with E-state index in [9.17, 15) is 14.4 Å². The van der Waals surface area contributed by atoms with Crippen molar-refractivity contribution in [2.24, 2.45) is 5.92 Å². The number of amides is 3. The summed E-state index contributed by atoms with van der Waals surface area (Å²) in [4.78, 5) is 41.9. The number of benzene rings is 1. The van der Waals surface area contributed by atoms with E-state index >= 15 is 0 Å². The summed E-state index contributed by atoms with van der Waals surface area (Å²) in [6.07, 6.45) is 1.48. The van der Waals surface area contributed by atoms with Gasteiger partial charge in [0.1, 0.15) is 5.75 Å². The molecule has 3 amide bonds. The van der Waals surface area contributed by atoms with Gasteiger partial charge >= 0.3 is 0 Å². The number of hydrogen-bond donors (Lipinski definition) is 2. The fourth-order valence-corrected chi connectivity index (χ4v) is 4.50. The molecule has 0 radical (unpaired) electrons. The van der Waals surface area contributed by atoms with E-state index in [2.05, 4.69) is 39.6 Å². The topological polar surface area (TPSA) is 117 Å². The average Bonchev–Trinajstić information content (AvgIpc) is 3.37. The highest BCUT2D eigenvalue weighted by Crippen LogP contribution is 2.21. The van der Waals surface area contributed by atoms with Crippen molar-refractivity contribution >= 4 is 34.7 Å². The zero-order valence-electron chi connectivity index (χ0n) is 19.9. The lowest BCUT2D eigenvalue weighted by Gasteiger charge is -2.31. The third kappa shape index (κ3) is 6.73. The first-order chi connectivity index (χ1) is 16.4. The van der Waals surface area contributed by atoms with E-state index in [0.717, 1.165) is 43.8 Å². The smallest absolute Gasteiger partial charge is 0.286 e. The third-order valence-corrected chi connectivity index (χ3v) is 6.76. The first kappa shape index (κ1) is 25.6. The molecule has 1 atom stereocenters. The quantitative estimate of drug-likeness (QED) is 0.526. The standard InChI is InChI=1S/C23H32N6O4S/c1-4-28(5-2)14-12-24-19(30)16-7-6-13-29(15-16)23(32)22-27-26-21(34-22)20(31)25-17-8-10-18(33-3)11-9-17/h8-11,16H,4-7,12-15H2,1-3H3,(H,24,30)(H,25,31)/t16-/m0/s1. The van der Waals surface area contributed by atoms with Crippen molar-refractivity contribution in [3.05, 3.63) is 34.3 Å². The maximum absolute atomic E-state index is 13.0. The van der Waals surface area contributed by atoms with E-state index in [1.807, 2.05) is 0 Å². The number of likely N-dealkylation sites (N-methyl/N-ethyl adjacent to an activating group) is 1. The summed E-state index contributed by atoms with van der Waals surface area (Å²) < 4.78 is 5.10. The first-order valence-electron chi connectivity index (χ1n) is 11.5. The predicted octanol–water partition coefficient (Wildman–Crippen LogP) is 2.11. The van der Waals surface area contributed by atoms with Crippen LogP contribution >= 0.6 is 11.3 Å². The van der Waals surface area contributed by atoms with Crippen molar-refractivity contribution in [1.29, 1.82) is 0 Å². The summed E-state index contributed by atoms with van der Waals surface area (Å²) in [6.45, 7) is 8.36. The number of aromatic nitrogens is 2. The molecule has 1 saturated heterocycles. The number of piperidine rings is 1.